The SMILES string of the molecule is CC(C)[C@H](NC(=O)c1ccc(COc2ccc3c(c2)CCC(=O)N3)o1)c1cccs1. The second-order valence-corrected chi connectivity index (χ2v) is 8.61. The molecule has 1 aliphatic rings. The van der Waals surface area contributed by atoms with E-state index in [1.54, 1.807) is 23.5 Å². The summed E-state index contributed by atoms with van der Waals surface area (Å²) in [4.78, 5) is 25.2. The number of ether oxygens (including phenoxy) is 1. The fourth-order valence-electron chi connectivity index (χ4n) is 3.43. The van der Waals surface area contributed by atoms with Crippen molar-refractivity contribution in [1.82, 2.24) is 5.32 Å². The third kappa shape index (κ3) is 4.57. The van der Waals surface area contributed by atoms with Crippen LogP contribution in [0, 0.1) is 5.92 Å². The van der Waals surface area contributed by atoms with Gasteiger partial charge in [-0.25, -0.2) is 0 Å². The van der Waals surface area contributed by atoms with Gasteiger partial charge in [0, 0.05) is 17.0 Å². The van der Waals surface area contributed by atoms with Crippen molar-refractivity contribution < 1.29 is 18.7 Å². The molecular weight excluding hydrogens is 400 g/mol. The van der Waals surface area contributed by atoms with Crippen LogP contribution in [0.1, 0.15) is 53.1 Å². The molecule has 3 heterocycles. The number of hydrogen-bond donors (Lipinski definition) is 2. The lowest BCUT2D eigenvalue weighted by Crippen LogP contribution is -2.30. The number of furan rings is 1. The fraction of sp³-hybridized carbons (Fsp3) is 0.304. The molecule has 1 aromatic carbocycles. The van der Waals surface area contributed by atoms with E-state index in [2.05, 4.69) is 24.5 Å². The normalized spacial score (nSPS) is 14.2. The van der Waals surface area contributed by atoms with Gasteiger partial charge in [-0.3, -0.25) is 9.59 Å². The van der Waals surface area contributed by atoms with Gasteiger partial charge < -0.3 is 19.8 Å². The van der Waals surface area contributed by atoms with Crippen molar-refractivity contribution in [1.29, 1.82) is 0 Å². The first kappa shape index (κ1) is 20.2. The number of hydrogen-bond acceptors (Lipinski definition) is 5. The third-order valence-corrected chi connectivity index (χ3v) is 6.00. The highest BCUT2D eigenvalue weighted by molar-refractivity contribution is 7.10. The molecule has 0 saturated heterocycles. The third-order valence-electron chi connectivity index (χ3n) is 5.04. The lowest BCUT2D eigenvalue weighted by molar-refractivity contribution is -0.116. The van der Waals surface area contributed by atoms with Crippen molar-refractivity contribution in [3.8, 4) is 5.75 Å². The van der Waals surface area contributed by atoms with Crippen molar-refractivity contribution in [2.75, 3.05) is 5.32 Å². The minimum atomic E-state index is -0.238. The highest BCUT2D eigenvalue weighted by Gasteiger charge is 2.22. The maximum absolute atomic E-state index is 12.7. The summed E-state index contributed by atoms with van der Waals surface area (Å²) in [5.74, 6) is 1.60. The zero-order chi connectivity index (χ0) is 21.1. The van der Waals surface area contributed by atoms with Gasteiger partial charge in [0.2, 0.25) is 5.91 Å². The van der Waals surface area contributed by atoms with Crippen molar-refractivity contribution in [2.24, 2.45) is 5.92 Å². The lowest BCUT2D eigenvalue weighted by Gasteiger charge is -2.20. The highest BCUT2D eigenvalue weighted by atomic mass is 32.1. The van der Waals surface area contributed by atoms with Gasteiger partial charge >= 0.3 is 0 Å². The first-order valence-electron chi connectivity index (χ1n) is 9.98. The zero-order valence-corrected chi connectivity index (χ0v) is 17.8. The second-order valence-electron chi connectivity index (χ2n) is 7.63. The van der Waals surface area contributed by atoms with E-state index in [4.69, 9.17) is 9.15 Å². The van der Waals surface area contributed by atoms with Gasteiger partial charge in [0.15, 0.2) is 5.76 Å². The molecule has 6 nitrogen and oxygen atoms in total. The van der Waals surface area contributed by atoms with Crippen LogP contribution in [-0.4, -0.2) is 11.8 Å². The van der Waals surface area contributed by atoms with Crippen molar-refractivity contribution in [2.45, 2.75) is 39.3 Å². The number of carbonyl (C=O) groups is 2. The highest BCUT2D eigenvalue weighted by Crippen LogP contribution is 2.28. The Hall–Kier alpha value is -3.06. The smallest absolute Gasteiger partial charge is 0.287 e. The molecule has 4 rings (SSSR count). The molecule has 0 radical (unpaired) electrons. The molecule has 1 aliphatic heterocycles. The Balaban J connectivity index is 1.37. The van der Waals surface area contributed by atoms with E-state index in [0.717, 1.165) is 16.1 Å². The molecule has 0 aliphatic carbocycles. The summed E-state index contributed by atoms with van der Waals surface area (Å²) in [6.07, 6.45) is 1.18. The predicted molar refractivity (Wildman–Crippen MR) is 116 cm³/mol. The van der Waals surface area contributed by atoms with Gasteiger partial charge in [-0.05, 0) is 59.7 Å². The minimum Gasteiger partial charge on any atom is -0.486 e. The molecule has 156 valence electrons. The molecular formula is C23H24N2O4S. The molecule has 0 fully saturated rings. The summed E-state index contributed by atoms with van der Waals surface area (Å²) in [6, 6.07) is 13.0. The minimum absolute atomic E-state index is 0.0383. The van der Waals surface area contributed by atoms with Crippen LogP contribution >= 0.6 is 11.3 Å². The summed E-state index contributed by atoms with van der Waals surface area (Å²) in [7, 11) is 0. The zero-order valence-electron chi connectivity index (χ0n) is 16.9. The summed E-state index contributed by atoms with van der Waals surface area (Å²) in [5.41, 5.74) is 1.89. The molecule has 0 bridgehead atoms. The number of amides is 2. The second kappa shape index (κ2) is 8.75. The number of rotatable bonds is 7. The number of nitrogens with one attached hydrogen (secondary N) is 2. The number of benzene rings is 1. The lowest BCUT2D eigenvalue weighted by atomic mass is 10.0. The van der Waals surface area contributed by atoms with Gasteiger partial charge in [-0.2, -0.15) is 0 Å². The van der Waals surface area contributed by atoms with Gasteiger partial charge in [-0.1, -0.05) is 19.9 Å². The van der Waals surface area contributed by atoms with Crippen molar-refractivity contribution in [3.63, 3.8) is 0 Å². The van der Waals surface area contributed by atoms with Gasteiger partial charge in [-0.15, -0.1) is 11.3 Å². The van der Waals surface area contributed by atoms with E-state index in [-0.39, 0.29) is 36.1 Å². The molecule has 30 heavy (non-hydrogen) atoms. The van der Waals surface area contributed by atoms with E-state index >= 15 is 0 Å². The van der Waals surface area contributed by atoms with Gasteiger partial charge in [0.25, 0.3) is 5.91 Å². The number of anilines is 1. The number of fused-ring (bicyclic) bond motifs is 1. The molecule has 7 heteroatoms. The number of thiophene rings is 1. The largest absolute Gasteiger partial charge is 0.486 e. The van der Waals surface area contributed by atoms with Crippen LogP contribution in [0.4, 0.5) is 5.69 Å². The maximum atomic E-state index is 12.7. The number of carbonyl (C=O) groups excluding carboxylic acids is 2. The summed E-state index contributed by atoms with van der Waals surface area (Å²) in [5, 5.41) is 7.92. The molecule has 0 unspecified atom stereocenters. The average Bonchev–Trinajstić information content (AvgIpc) is 3.42. The molecule has 1 atom stereocenters. The van der Waals surface area contributed by atoms with Crippen molar-refractivity contribution in [3.05, 3.63) is 69.8 Å². The Morgan fingerprint density at radius 3 is 2.87 bits per heavy atom. The summed E-state index contributed by atoms with van der Waals surface area (Å²) in [6.45, 7) is 4.38. The molecule has 3 aromatic rings. The number of aryl methyl sites for hydroxylation is 1. The first-order valence-corrected chi connectivity index (χ1v) is 10.9. The summed E-state index contributed by atoms with van der Waals surface area (Å²) < 4.78 is 11.5. The van der Waals surface area contributed by atoms with Crippen LogP contribution in [0.15, 0.2) is 52.3 Å². The quantitative estimate of drug-likeness (QED) is 0.563. The van der Waals surface area contributed by atoms with Crippen LogP contribution in [0.2, 0.25) is 0 Å². The molecule has 0 saturated carbocycles. The Bertz CT molecular complexity index is 1040. The van der Waals surface area contributed by atoms with E-state index in [1.165, 1.54) is 0 Å². The van der Waals surface area contributed by atoms with Gasteiger partial charge in [0.05, 0.1) is 6.04 Å². The average molecular weight is 425 g/mol. The predicted octanol–water partition coefficient (Wildman–Crippen LogP) is 4.93. The van der Waals surface area contributed by atoms with Crippen LogP contribution < -0.4 is 15.4 Å². The topological polar surface area (TPSA) is 80.6 Å². The van der Waals surface area contributed by atoms with Crippen LogP contribution in [0.3, 0.4) is 0 Å². The molecule has 2 amide bonds. The molecule has 2 N–H and O–H groups in total. The Kier molecular flexibility index (Phi) is 5.90. The molecule has 0 spiro atoms. The summed E-state index contributed by atoms with van der Waals surface area (Å²) >= 11 is 1.63. The standard InChI is InChI=1S/C23H24N2O4S/c1-14(2)22(20-4-3-11-30-20)25-23(27)19-9-7-17(29-19)13-28-16-6-8-18-15(12-16)5-10-21(26)24-18/h3-4,6-9,11-12,14,22H,5,10,13H2,1-2H3,(H,24,26)(H,25,27)/t22-/m0/s1. The monoisotopic (exact) mass is 424 g/mol. The van der Waals surface area contributed by atoms with Crippen LogP contribution in [0.5, 0.6) is 5.75 Å². The Morgan fingerprint density at radius 1 is 1.23 bits per heavy atom. The van der Waals surface area contributed by atoms with Crippen LogP contribution in [0.25, 0.3) is 0 Å². The van der Waals surface area contributed by atoms with Gasteiger partial charge in [0.1, 0.15) is 18.1 Å². The van der Waals surface area contributed by atoms with E-state index in [9.17, 15) is 9.59 Å². The Morgan fingerprint density at radius 2 is 2.10 bits per heavy atom. The maximum Gasteiger partial charge on any atom is 0.287 e. The van der Waals surface area contributed by atoms with E-state index in [0.29, 0.717) is 24.4 Å². The van der Waals surface area contributed by atoms with Crippen molar-refractivity contribution >= 4 is 28.8 Å². The van der Waals surface area contributed by atoms with E-state index in [1.807, 2.05) is 35.7 Å². The van der Waals surface area contributed by atoms with Crippen LogP contribution in [-0.2, 0) is 17.8 Å². The Labute approximate surface area is 179 Å². The fourth-order valence-corrected chi connectivity index (χ4v) is 4.38. The van der Waals surface area contributed by atoms with E-state index < -0.39 is 0 Å². The molecule has 2 aromatic heterocycles. The first-order chi connectivity index (χ1) is 14.5.